The van der Waals surface area contributed by atoms with E-state index in [0.29, 0.717) is 6.54 Å². The first-order valence-electron chi connectivity index (χ1n) is 5.63. The van der Waals surface area contributed by atoms with Gasteiger partial charge in [-0.25, -0.2) is 9.79 Å². The Labute approximate surface area is 99.6 Å². The smallest absolute Gasteiger partial charge is 0.211 e. The van der Waals surface area contributed by atoms with Crippen molar-refractivity contribution in [2.24, 2.45) is 4.99 Å². The molecule has 2 nitrogen and oxygen atoms in total. The fraction of sp³-hybridized carbons (Fsp3) is 0.133. The van der Waals surface area contributed by atoms with Crippen LogP contribution in [0.1, 0.15) is 17.0 Å². The minimum absolute atomic E-state index is 0.198. The van der Waals surface area contributed by atoms with Gasteiger partial charge in [-0.1, -0.05) is 48.5 Å². The zero-order valence-corrected chi connectivity index (χ0v) is 9.26. The summed E-state index contributed by atoms with van der Waals surface area (Å²) < 4.78 is 0. The molecule has 0 fully saturated rings. The van der Waals surface area contributed by atoms with E-state index in [4.69, 9.17) is 0 Å². The number of rotatable bonds is 2. The molecule has 0 unspecified atom stereocenters. The highest BCUT2D eigenvalue weighted by Gasteiger charge is 2.27. The lowest BCUT2D eigenvalue weighted by Gasteiger charge is -2.08. The molecule has 2 aromatic carbocycles. The maximum atomic E-state index is 10.3. The normalized spacial score (nSPS) is 12.7. The quantitative estimate of drug-likeness (QED) is 0.566. The highest BCUT2D eigenvalue weighted by molar-refractivity contribution is 5.78. The van der Waals surface area contributed by atoms with Crippen LogP contribution in [0, 0.1) is 0 Å². The van der Waals surface area contributed by atoms with Crippen LogP contribution >= 0.6 is 0 Å². The number of hydrogen-bond donors (Lipinski definition) is 0. The Morgan fingerprint density at radius 3 is 2.00 bits per heavy atom. The summed E-state index contributed by atoms with van der Waals surface area (Å²) in [7, 11) is 0. The van der Waals surface area contributed by atoms with Gasteiger partial charge in [0.2, 0.25) is 6.08 Å². The van der Waals surface area contributed by atoms with Gasteiger partial charge in [-0.3, -0.25) is 0 Å². The van der Waals surface area contributed by atoms with Crippen molar-refractivity contribution in [2.75, 3.05) is 6.54 Å². The third kappa shape index (κ3) is 1.50. The Morgan fingerprint density at radius 1 is 0.941 bits per heavy atom. The van der Waals surface area contributed by atoms with Gasteiger partial charge in [0.25, 0.3) is 0 Å². The van der Waals surface area contributed by atoms with E-state index in [2.05, 4.69) is 29.3 Å². The number of hydrogen-bond acceptors (Lipinski definition) is 2. The van der Waals surface area contributed by atoms with E-state index in [9.17, 15) is 4.79 Å². The molecule has 0 amide bonds. The fourth-order valence-electron chi connectivity index (χ4n) is 2.59. The minimum Gasteiger partial charge on any atom is -0.211 e. The average molecular weight is 221 g/mol. The summed E-state index contributed by atoms with van der Waals surface area (Å²) in [6.07, 6.45) is 1.63. The molecule has 0 bridgehead atoms. The predicted octanol–water partition coefficient (Wildman–Crippen LogP) is 3.13. The molecule has 0 radical (unpaired) electrons. The fourth-order valence-corrected chi connectivity index (χ4v) is 2.59. The minimum atomic E-state index is 0.198. The van der Waals surface area contributed by atoms with Crippen molar-refractivity contribution in [1.29, 1.82) is 0 Å². The Balaban J connectivity index is 2.19. The van der Waals surface area contributed by atoms with E-state index >= 15 is 0 Å². The average Bonchev–Trinajstić information content (AvgIpc) is 2.71. The van der Waals surface area contributed by atoms with Crippen LogP contribution in [-0.2, 0) is 4.79 Å². The standard InChI is InChI=1S/C15H11NO/c17-10-16-9-15-13-7-3-1-5-11(13)12-6-2-4-8-14(12)15/h1-8,15H,9H2. The largest absolute Gasteiger partial charge is 0.234 e. The molecule has 0 aliphatic heterocycles. The number of benzene rings is 2. The molecular formula is C15H11NO. The number of isocyanates is 1. The first-order valence-corrected chi connectivity index (χ1v) is 5.63. The lowest BCUT2D eigenvalue weighted by molar-refractivity contribution is 0.562. The van der Waals surface area contributed by atoms with Crippen molar-refractivity contribution in [3.05, 3.63) is 59.7 Å². The molecule has 0 aromatic heterocycles. The van der Waals surface area contributed by atoms with Crippen molar-refractivity contribution < 1.29 is 4.79 Å². The molecule has 0 heterocycles. The Kier molecular flexibility index (Phi) is 2.36. The maximum Gasteiger partial charge on any atom is 0.234 e. The lowest BCUT2D eigenvalue weighted by Crippen LogP contribution is -2.00. The van der Waals surface area contributed by atoms with Crippen LogP contribution in [0.3, 0.4) is 0 Å². The van der Waals surface area contributed by atoms with E-state index in [0.717, 1.165) is 0 Å². The van der Waals surface area contributed by atoms with Gasteiger partial charge in [-0.05, 0) is 22.3 Å². The van der Waals surface area contributed by atoms with Crippen molar-refractivity contribution in [3.8, 4) is 11.1 Å². The van der Waals surface area contributed by atoms with Crippen LogP contribution in [0.4, 0.5) is 0 Å². The molecule has 82 valence electrons. The van der Waals surface area contributed by atoms with Crippen LogP contribution in [0.5, 0.6) is 0 Å². The zero-order chi connectivity index (χ0) is 11.7. The third-order valence-corrected chi connectivity index (χ3v) is 3.30. The SMILES string of the molecule is O=C=NCC1c2ccccc2-c2ccccc21. The van der Waals surface area contributed by atoms with Crippen molar-refractivity contribution in [1.82, 2.24) is 0 Å². The summed E-state index contributed by atoms with van der Waals surface area (Å²) in [6.45, 7) is 0.484. The van der Waals surface area contributed by atoms with Gasteiger partial charge >= 0.3 is 0 Å². The Morgan fingerprint density at radius 2 is 1.47 bits per heavy atom. The second kappa shape index (κ2) is 4.00. The van der Waals surface area contributed by atoms with E-state index in [1.54, 1.807) is 6.08 Å². The summed E-state index contributed by atoms with van der Waals surface area (Å²) >= 11 is 0. The maximum absolute atomic E-state index is 10.3. The van der Waals surface area contributed by atoms with Gasteiger partial charge < -0.3 is 0 Å². The molecular weight excluding hydrogens is 210 g/mol. The first-order chi connectivity index (χ1) is 8.42. The van der Waals surface area contributed by atoms with Crippen LogP contribution < -0.4 is 0 Å². The summed E-state index contributed by atoms with van der Waals surface area (Å²) in [5.74, 6) is 0.198. The second-order valence-electron chi connectivity index (χ2n) is 4.16. The number of aliphatic imine (C=N–C) groups is 1. The third-order valence-electron chi connectivity index (χ3n) is 3.30. The van der Waals surface area contributed by atoms with E-state index in [-0.39, 0.29) is 5.92 Å². The number of carbonyl (C=O) groups excluding carboxylic acids is 1. The predicted molar refractivity (Wildman–Crippen MR) is 66.7 cm³/mol. The molecule has 3 rings (SSSR count). The molecule has 0 spiro atoms. The first kappa shape index (κ1) is 10.0. The molecule has 2 heteroatoms. The van der Waals surface area contributed by atoms with Gasteiger partial charge in [0.15, 0.2) is 0 Å². The Bertz CT molecular complexity index is 566. The highest BCUT2D eigenvalue weighted by Crippen LogP contribution is 2.44. The molecule has 17 heavy (non-hydrogen) atoms. The number of fused-ring (bicyclic) bond motifs is 3. The molecule has 0 saturated heterocycles. The van der Waals surface area contributed by atoms with Crippen LogP contribution in [0.2, 0.25) is 0 Å². The molecule has 0 atom stereocenters. The number of nitrogens with zero attached hydrogens (tertiary/aromatic N) is 1. The van der Waals surface area contributed by atoms with Crippen LogP contribution in [-0.4, -0.2) is 12.6 Å². The van der Waals surface area contributed by atoms with Gasteiger partial charge in [0.1, 0.15) is 0 Å². The van der Waals surface area contributed by atoms with Gasteiger partial charge in [0.05, 0.1) is 6.54 Å². The molecule has 1 aliphatic rings. The monoisotopic (exact) mass is 221 g/mol. The molecule has 0 saturated carbocycles. The molecule has 1 aliphatic carbocycles. The van der Waals surface area contributed by atoms with Crippen LogP contribution in [0.25, 0.3) is 11.1 Å². The van der Waals surface area contributed by atoms with Gasteiger partial charge in [-0.15, -0.1) is 0 Å². The topological polar surface area (TPSA) is 29.4 Å². The van der Waals surface area contributed by atoms with Crippen molar-refractivity contribution >= 4 is 6.08 Å². The molecule has 2 aromatic rings. The van der Waals surface area contributed by atoms with E-state index < -0.39 is 0 Å². The van der Waals surface area contributed by atoms with Gasteiger partial charge in [0, 0.05) is 5.92 Å². The van der Waals surface area contributed by atoms with E-state index in [1.807, 2.05) is 24.3 Å². The lowest BCUT2D eigenvalue weighted by atomic mass is 9.97. The van der Waals surface area contributed by atoms with Crippen LogP contribution in [0.15, 0.2) is 53.5 Å². The summed E-state index contributed by atoms with van der Waals surface area (Å²) in [4.78, 5) is 14.0. The Hall–Kier alpha value is -2.18. The van der Waals surface area contributed by atoms with Crippen molar-refractivity contribution in [2.45, 2.75) is 5.92 Å². The zero-order valence-electron chi connectivity index (χ0n) is 9.26. The van der Waals surface area contributed by atoms with Crippen molar-refractivity contribution in [3.63, 3.8) is 0 Å². The van der Waals surface area contributed by atoms with E-state index in [1.165, 1.54) is 22.3 Å². The second-order valence-corrected chi connectivity index (χ2v) is 4.16. The van der Waals surface area contributed by atoms with Gasteiger partial charge in [-0.2, -0.15) is 0 Å². The summed E-state index contributed by atoms with van der Waals surface area (Å²) in [5, 5.41) is 0. The molecule has 0 N–H and O–H groups in total. The highest BCUT2D eigenvalue weighted by atomic mass is 16.1. The summed E-state index contributed by atoms with van der Waals surface area (Å²) in [5.41, 5.74) is 5.03. The summed E-state index contributed by atoms with van der Waals surface area (Å²) in [6, 6.07) is 16.6.